The Morgan fingerprint density at radius 1 is 1.80 bits per heavy atom. The molecule has 0 aromatic carbocycles. The molecule has 0 radical (unpaired) electrons. The molecule has 0 bridgehead atoms. The lowest BCUT2D eigenvalue weighted by Gasteiger charge is -2.33. The maximum absolute atomic E-state index is 10.8. The SMILES string of the molecule is CCOC(=O)C1(O)COC1. The molecule has 1 heterocycles. The molecule has 1 aliphatic heterocycles. The summed E-state index contributed by atoms with van der Waals surface area (Å²) in [5.74, 6) is -0.582. The minimum absolute atomic E-state index is 0.0613. The summed E-state index contributed by atoms with van der Waals surface area (Å²) in [5.41, 5.74) is -1.35. The number of carbonyl (C=O) groups is 1. The molecule has 0 aromatic heterocycles. The zero-order valence-electron chi connectivity index (χ0n) is 5.79. The number of hydrogen-bond donors (Lipinski definition) is 1. The van der Waals surface area contributed by atoms with E-state index in [-0.39, 0.29) is 13.2 Å². The highest BCUT2D eigenvalue weighted by Gasteiger charge is 2.45. The highest BCUT2D eigenvalue weighted by Crippen LogP contribution is 2.17. The Balaban J connectivity index is 2.39. The maximum atomic E-state index is 10.8. The lowest BCUT2D eigenvalue weighted by molar-refractivity contribution is -0.211. The molecule has 0 saturated carbocycles. The standard InChI is InChI=1S/C6H10O4/c1-2-10-5(7)6(8)3-9-4-6/h8H,2-4H2,1H3. The van der Waals surface area contributed by atoms with Crippen LogP contribution in [0.15, 0.2) is 0 Å². The molecule has 1 fully saturated rings. The Morgan fingerprint density at radius 3 is 2.70 bits per heavy atom. The molecule has 0 amide bonds. The zero-order valence-corrected chi connectivity index (χ0v) is 5.79. The van der Waals surface area contributed by atoms with Crippen molar-refractivity contribution in [1.82, 2.24) is 0 Å². The smallest absolute Gasteiger partial charge is 0.343 e. The van der Waals surface area contributed by atoms with Gasteiger partial charge in [0.15, 0.2) is 0 Å². The molecule has 1 aliphatic rings. The molecule has 0 aromatic rings. The average molecular weight is 146 g/mol. The molecule has 10 heavy (non-hydrogen) atoms. The second kappa shape index (κ2) is 2.56. The van der Waals surface area contributed by atoms with Crippen molar-refractivity contribution in [3.63, 3.8) is 0 Å². The Kier molecular flexibility index (Phi) is 1.92. The third-order valence-electron chi connectivity index (χ3n) is 1.34. The van der Waals surface area contributed by atoms with Gasteiger partial charge in [0.05, 0.1) is 19.8 Å². The van der Waals surface area contributed by atoms with E-state index < -0.39 is 11.6 Å². The number of esters is 1. The van der Waals surface area contributed by atoms with Crippen molar-refractivity contribution in [3.8, 4) is 0 Å². The van der Waals surface area contributed by atoms with Crippen molar-refractivity contribution in [2.45, 2.75) is 12.5 Å². The average Bonchev–Trinajstić information content (AvgIpc) is 1.83. The summed E-state index contributed by atoms with van der Waals surface area (Å²) >= 11 is 0. The second-order valence-corrected chi connectivity index (χ2v) is 2.24. The molecular formula is C6H10O4. The lowest BCUT2D eigenvalue weighted by atomic mass is 10.0. The van der Waals surface area contributed by atoms with Gasteiger partial charge in [0.25, 0.3) is 0 Å². The minimum Gasteiger partial charge on any atom is -0.464 e. The van der Waals surface area contributed by atoms with Crippen LogP contribution in [0.4, 0.5) is 0 Å². The van der Waals surface area contributed by atoms with Crippen LogP contribution in [0.5, 0.6) is 0 Å². The fourth-order valence-electron chi connectivity index (χ4n) is 0.679. The number of carbonyl (C=O) groups excluding carboxylic acids is 1. The summed E-state index contributed by atoms with van der Waals surface area (Å²) in [5, 5.41) is 9.21. The van der Waals surface area contributed by atoms with Crippen molar-refractivity contribution in [2.24, 2.45) is 0 Å². The highest BCUT2D eigenvalue weighted by atomic mass is 16.6. The summed E-state index contributed by atoms with van der Waals surface area (Å²) in [6, 6.07) is 0. The van der Waals surface area contributed by atoms with Crippen LogP contribution in [0.2, 0.25) is 0 Å². The van der Waals surface area contributed by atoms with E-state index in [1.165, 1.54) is 0 Å². The van der Waals surface area contributed by atoms with Crippen molar-refractivity contribution >= 4 is 5.97 Å². The second-order valence-electron chi connectivity index (χ2n) is 2.24. The Hall–Kier alpha value is -0.610. The molecule has 1 rings (SSSR count). The van der Waals surface area contributed by atoms with E-state index in [1.807, 2.05) is 0 Å². The number of ether oxygens (including phenoxy) is 2. The van der Waals surface area contributed by atoms with Gasteiger partial charge in [-0.05, 0) is 6.92 Å². The molecule has 4 heteroatoms. The third kappa shape index (κ3) is 1.12. The van der Waals surface area contributed by atoms with Crippen LogP contribution in [0.3, 0.4) is 0 Å². The Labute approximate surface area is 58.7 Å². The summed E-state index contributed by atoms with van der Waals surface area (Å²) in [6.45, 7) is 2.11. The molecular weight excluding hydrogens is 136 g/mol. The topological polar surface area (TPSA) is 55.8 Å². The fourth-order valence-corrected chi connectivity index (χ4v) is 0.679. The van der Waals surface area contributed by atoms with Gasteiger partial charge in [-0.1, -0.05) is 0 Å². The Bertz CT molecular complexity index is 139. The molecule has 0 atom stereocenters. The van der Waals surface area contributed by atoms with E-state index in [9.17, 15) is 9.90 Å². The van der Waals surface area contributed by atoms with Crippen LogP contribution in [0.25, 0.3) is 0 Å². The molecule has 4 nitrogen and oxygen atoms in total. The highest BCUT2D eigenvalue weighted by molar-refractivity contribution is 5.80. The summed E-state index contributed by atoms with van der Waals surface area (Å²) in [7, 11) is 0. The predicted octanol–water partition coefficient (Wildman–Crippen LogP) is -0.689. The van der Waals surface area contributed by atoms with E-state index in [0.29, 0.717) is 6.61 Å². The molecule has 58 valence electrons. The van der Waals surface area contributed by atoms with Gasteiger partial charge >= 0.3 is 5.97 Å². The summed E-state index contributed by atoms with van der Waals surface area (Å²) in [6.07, 6.45) is 0. The normalized spacial score (nSPS) is 21.4. The van der Waals surface area contributed by atoms with Crippen LogP contribution in [-0.2, 0) is 14.3 Å². The van der Waals surface area contributed by atoms with E-state index in [1.54, 1.807) is 6.92 Å². The van der Waals surface area contributed by atoms with E-state index in [2.05, 4.69) is 9.47 Å². The van der Waals surface area contributed by atoms with E-state index >= 15 is 0 Å². The first-order chi connectivity index (χ1) is 4.69. The van der Waals surface area contributed by atoms with Gasteiger partial charge in [0.1, 0.15) is 0 Å². The Morgan fingerprint density at radius 2 is 2.40 bits per heavy atom. The van der Waals surface area contributed by atoms with Crippen molar-refractivity contribution in [1.29, 1.82) is 0 Å². The van der Waals surface area contributed by atoms with Gasteiger partial charge < -0.3 is 14.6 Å². The van der Waals surface area contributed by atoms with Crippen LogP contribution >= 0.6 is 0 Å². The molecule has 0 aliphatic carbocycles. The maximum Gasteiger partial charge on any atom is 0.343 e. The predicted molar refractivity (Wildman–Crippen MR) is 32.4 cm³/mol. The molecule has 1 N–H and O–H groups in total. The van der Waals surface area contributed by atoms with E-state index in [4.69, 9.17) is 0 Å². The molecule has 0 spiro atoms. The van der Waals surface area contributed by atoms with Gasteiger partial charge in [0, 0.05) is 0 Å². The molecule has 1 saturated heterocycles. The van der Waals surface area contributed by atoms with Crippen molar-refractivity contribution in [2.75, 3.05) is 19.8 Å². The molecule has 0 unspecified atom stereocenters. The van der Waals surface area contributed by atoms with Crippen LogP contribution in [-0.4, -0.2) is 36.5 Å². The third-order valence-corrected chi connectivity index (χ3v) is 1.34. The number of hydrogen-bond acceptors (Lipinski definition) is 4. The number of aliphatic hydroxyl groups is 1. The van der Waals surface area contributed by atoms with Gasteiger partial charge in [-0.3, -0.25) is 0 Å². The van der Waals surface area contributed by atoms with Crippen LogP contribution in [0.1, 0.15) is 6.92 Å². The monoisotopic (exact) mass is 146 g/mol. The first kappa shape index (κ1) is 7.50. The van der Waals surface area contributed by atoms with Gasteiger partial charge in [-0.2, -0.15) is 0 Å². The lowest BCUT2D eigenvalue weighted by Crippen LogP contribution is -2.56. The van der Waals surface area contributed by atoms with Crippen LogP contribution in [0, 0.1) is 0 Å². The number of rotatable bonds is 2. The van der Waals surface area contributed by atoms with Gasteiger partial charge in [-0.25, -0.2) is 4.79 Å². The van der Waals surface area contributed by atoms with Crippen LogP contribution < -0.4 is 0 Å². The largest absolute Gasteiger partial charge is 0.464 e. The first-order valence-electron chi connectivity index (χ1n) is 3.16. The van der Waals surface area contributed by atoms with Crippen molar-refractivity contribution in [3.05, 3.63) is 0 Å². The zero-order chi connectivity index (χ0) is 7.61. The van der Waals surface area contributed by atoms with Gasteiger partial charge in [0.2, 0.25) is 5.60 Å². The first-order valence-corrected chi connectivity index (χ1v) is 3.16. The minimum atomic E-state index is -1.35. The van der Waals surface area contributed by atoms with Gasteiger partial charge in [-0.15, -0.1) is 0 Å². The summed E-state index contributed by atoms with van der Waals surface area (Å²) < 4.78 is 9.23. The summed E-state index contributed by atoms with van der Waals surface area (Å²) in [4.78, 5) is 10.8. The quantitative estimate of drug-likeness (QED) is 0.524. The van der Waals surface area contributed by atoms with E-state index in [0.717, 1.165) is 0 Å². The fraction of sp³-hybridized carbons (Fsp3) is 0.833. The van der Waals surface area contributed by atoms with Crippen molar-refractivity contribution < 1.29 is 19.4 Å².